The fraction of sp³-hybridized carbons (Fsp3) is 0.321. The SMILES string of the molecule is C#Cc1ccc(-c2cc(COCC3(c4ccccc4)CCCCC3)cc(C(F)(F)F)c2)cn1. The molecule has 2 aromatic carbocycles. The third-order valence-corrected chi connectivity index (χ3v) is 6.41. The number of hydrogen-bond donors (Lipinski definition) is 0. The van der Waals surface area contributed by atoms with Crippen LogP contribution in [0.3, 0.4) is 0 Å². The topological polar surface area (TPSA) is 22.1 Å². The lowest BCUT2D eigenvalue weighted by molar-refractivity contribution is -0.137. The molecule has 4 rings (SSSR count). The molecular formula is C28H26F3NO. The number of pyridine rings is 1. The number of halogens is 3. The molecule has 0 amide bonds. The molecule has 170 valence electrons. The predicted molar refractivity (Wildman–Crippen MR) is 123 cm³/mol. The Morgan fingerprint density at radius 3 is 2.33 bits per heavy atom. The fourth-order valence-corrected chi connectivity index (χ4v) is 4.66. The van der Waals surface area contributed by atoms with E-state index in [9.17, 15) is 13.2 Å². The van der Waals surface area contributed by atoms with Gasteiger partial charge in [0.1, 0.15) is 5.69 Å². The number of hydrogen-bond acceptors (Lipinski definition) is 2. The largest absolute Gasteiger partial charge is 0.416 e. The molecule has 0 radical (unpaired) electrons. The summed E-state index contributed by atoms with van der Waals surface area (Å²) in [5.74, 6) is 2.42. The lowest BCUT2D eigenvalue weighted by Gasteiger charge is -2.37. The van der Waals surface area contributed by atoms with Crippen molar-refractivity contribution in [1.29, 1.82) is 0 Å². The molecule has 0 N–H and O–H groups in total. The fourth-order valence-electron chi connectivity index (χ4n) is 4.66. The van der Waals surface area contributed by atoms with Gasteiger partial charge >= 0.3 is 6.18 Å². The van der Waals surface area contributed by atoms with E-state index >= 15 is 0 Å². The van der Waals surface area contributed by atoms with E-state index in [1.807, 2.05) is 18.2 Å². The van der Waals surface area contributed by atoms with E-state index in [1.54, 1.807) is 18.2 Å². The third kappa shape index (κ3) is 5.46. The first kappa shape index (κ1) is 23.1. The maximum atomic E-state index is 13.6. The summed E-state index contributed by atoms with van der Waals surface area (Å²) in [4.78, 5) is 4.11. The molecule has 0 bridgehead atoms. The average molecular weight is 450 g/mol. The molecule has 1 aliphatic carbocycles. The van der Waals surface area contributed by atoms with E-state index < -0.39 is 11.7 Å². The molecule has 1 heterocycles. The van der Waals surface area contributed by atoms with Gasteiger partial charge in [0.25, 0.3) is 0 Å². The summed E-state index contributed by atoms with van der Waals surface area (Å²) < 4.78 is 46.9. The Morgan fingerprint density at radius 2 is 1.70 bits per heavy atom. The normalized spacial score (nSPS) is 15.7. The number of benzene rings is 2. The zero-order chi connectivity index (χ0) is 23.3. The first-order valence-electron chi connectivity index (χ1n) is 11.2. The van der Waals surface area contributed by atoms with Crippen molar-refractivity contribution in [3.63, 3.8) is 0 Å². The minimum atomic E-state index is -4.45. The van der Waals surface area contributed by atoms with E-state index in [0.29, 0.717) is 29.0 Å². The van der Waals surface area contributed by atoms with Crippen LogP contribution < -0.4 is 0 Å². The number of terminal acetylenes is 1. The van der Waals surface area contributed by atoms with E-state index in [4.69, 9.17) is 11.2 Å². The van der Waals surface area contributed by atoms with Crippen LogP contribution in [0.15, 0.2) is 66.9 Å². The van der Waals surface area contributed by atoms with Gasteiger partial charge in [-0.3, -0.25) is 0 Å². The number of rotatable bonds is 6. The van der Waals surface area contributed by atoms with E-state index in [0.717, 1.165) is 31.7 Å². The quantitative estimate of drug-likeness (QED) is 0.372. The minimum Gasteiger partial charge on any atom is -0.376 e. The summed E-state index contributed by atoms with van der Waals surface area (Å²) in [5.41, 5.74) is 2.40. The Labute approximate surface area is 192 Å². The van der Waals surface area contributed by atoms with Gasteiger partial charge in [-0.25, -0.2) is 4.98 Å². The van der Waals surface area contributed by atoms with Gasteiger partial charge in [0, 0.05) is 17.2 Å². The summed E-state index contributed by atoms with van der Waals surface area (Å²) in [6.07, 6.45) is 7.91. The van der Waals surface area contributed by atoms with E-state index in [-0.39, 0.29) is 12.0 Å². The highest BCUT2D eigenvalue weighted by Crippen LogP contribution is 2.40. The molecular weight excluding hydrogens is 423 g/mol. The third-order valence-electron chi connectivity index (χ3n) is 6.41. The predicted octanol–water partition coefficient (Wildman–Crippen LogP) is 7.17. The van der Waals surface area contributed by atoms with Crippen molar-refractivity contribution in [3.05, 3.63) is 89.2 Å². The Kier molecular flexibility index (Phi) is 6.85. The molecule has 3 aromatic rings. The van der Waals surface area contributed by atoms with Gasteiger partial charge in [-0.1, -0.05) is 61.6 Å². The molecule has 1 aliphatic rings. The van der Waals surface area contributed by atoms with Gasteiger partial charge in [-0.2, -0.15) is 13.2 Å². The molecule has 0 aliphatic heterocycles. The summed E-state index contributed by atoms with van der Waals surface area (Å²) in [6, 6.07) is 17.7. The lowest BCUT2D eigenvalue weighted by atomic mass is 9.70. The molecule has 1 saturated carbocycles. The van der Waals surface area contributed by atoms with Crippen LogP contribution in [0, 0.1) is 12.3 Å². The lowest BCUT2D eigenvalue weighted by Crippen LogP contribution is -2.34. The van der Waals surface area contributed by atoms with Crippen LogP contribution >= 0.6 is 0 Å². The van der Waals surface area contributed by atoms with Gasteiger partial charge in [-0.15, -0.1) is 6.42 Å². The Balaban J connectivity index is 1.57. The first-order chi connectivity index (χ1) is 15.9. The van der Waals surface area contributed by atoms with Gasteiger partial charge < -0.3 is 4.74 Å². The van der Waals surface area contributed by atoms with Crippen LogP contribution in [0.25, 0.3) is 11.1 Å². The molecule has 1 fully saturated rings. The van der Waals surface area contributed by atoms with Crippen LogP contribution in [-0.4, -0.2) is 11.6 Å². The standard InChI is InChI=1S/C28H26F3NO/c1-2-26-12-11-22(18-32-26)23-15-21(16-25(17-23)28(29,30)31)19-33-20-27(13-7-4-8-14-27)24-9-5-3-6-10-24/h1,3,5-6,9-12,15-18H,4,7-8,13-14,19-20H2. The number of aromatic nitrogens is 1. The number of ether oxygens (including phenoxy) is 1. The van der Waals surface area contributed by atoms with Crippen LogP contribution in [0.5, 0.6) is 0 Å². The Bertz CT molecular complexity index is 1110. The maximum Gasteiger partial charge on any atom is 0.416 e. The molecule has 33 heavy (non-hydrogen) atoms. The molecule has 0 unspecified atom stereocenters. The summed E-state index contributed by atoms with van der Waals surface area (Å²) >= 11 is 0. The van der Waals surface area contributed by atoms with Crippen molar-refractivity contribution in [2.24, 2.45) is 0 Å². The van der Waals surface area contributed by atoms with Crippen LogP contribution in [-0.2, 0) is 22.9 Å². The van der Waals surface area contributed by atoms with Crippen molar-refractivity contribution in [3.8, 4) is 23.5 Å². The van der Waals surface area contributed by atoms with Gasteiger partial charge in [-0.05, 0) is 53.8 Å². The second-order valence-corrected chi connectivity index (χ2v) is 8.69. The zero-order valence-corrected chi connectivity index (χ0v) is 18.4. The second kappa shape index (κ2) is 9.80. The molecule has 0 spiro atoms. The van der Waals surface area contributed by atoms with E-state index in [2.05, 4.69) is 23.0 Å². The summed E-state index contributed by atoms with van der Waals surface area (Å²) in [7, 11) is 0. The smallest absolute Gasteiger partial charge is 0.376 e. The van der Waals surface area contributed by atoms with Crippen molar-refractivity contribution in [1.82, 2.24) is 4.98 Å². The highest BCUT2D eigenvalue weighted by molar-refractivity contribution is 5.65. The second-order valence-electron chi connectivity index (χ2n) is 8.69. The van der Waals surface area contributed by atoms with E-state index in [1.165, 1.54) is 24.2 Å². The average Bonchev–Trinajstić information content (AvgIpc) is 2.84. The Hall–Kier alpha value is -3.10. The first-order valence-corrected chi connectivity index (χ1v) is 11.2. The van der Waals surface area contributed by atoms with Gasteiger partial charge in [0.05, 0.1) is 18.8 Å². The van der Waals surface area contributed by atoms with Crippen molar-refractivity contribution in [2.75, 3.05) is 6.61 Å². The molecule has 5 heteroatoms. The summed E-state index contributed by atoms with van der Waals surface area (Å²) in [6.45, 7) is 0.600. The number of alkyl halides is 3. The maximum absolute atomic E-state index is 13.6. The highest BCUT2D eigenvalue weighted by atomic mass is 19.4. The van der Waals surface area contributed by atoms with Crippen molar-refractivity contribution in [2.45, 2.75) is 50.3 Å². The Morgan fingerprint density at radius 1 is 0.939 bits per heavy atom. The molecule has 1 aromatic heterocycles. The van der Waals surface area contributed by atoms with Crippen LogP contribution in [0.1, 0.15) is 54.5 Å². The van der Waals surface area contributed by atoms with Gasteiger partial charge in [0.2, 0.25) is 0 Å². The van der Waals surface area contributed by atoms with Crippen molar-refractivity contribution >= 4 is 0 Å². The molecule has 0 saturated heterocycles. The molecule has 2 nitrogen and oxygen atoms in total. The van der Waals surface area contributed by atoms with Crippen LogP contribution in [0.2, 0.25) is 0 Å². The minimum absolute atomic E-state index is 0.0844. The van der Waals surface area contributed by atoms with Gasteiger partial charge in [0.15, 0.2) is 0 Å². The van der Waals surface area contributed by atoms with Crippen molar-refractivity contribution < 1.29 is 17.9 Å². The monoisotopic (exact) mass is 449 g/mol. The van der Waals surface area contributed by atoms with Crippen LogP contribution in [0.4, 0.5) is 13.2 Å². The zero-order valence-electron chi connectivity index (χ0n) is 18.4. The summed E-state index contributed by atoms with van der Waals surface area (Å²) in [5, 5.41) is 0. The molecule has 0 atom stereocenters. The highest BCUT2D eigenvalue weighted by Gasteiger charge is 2.34. The number of nitrogens with zero attached hydrogens (tertiary/aromatic N) is 1.